The van der Waals surface area contributed by atoms with Gasteiger partial charge in [-0.1, -0.05) is 60.7 Å². The van der Waals surface area contributed by atoms with Gasteiger partial charge in [0.2, 0.25) is 0 Å². The highest BCUT2D eigenvalue weighted by atomic mass is 15.1. The average Bonchev–Trinajstić information content (AvgIpc) is 2.59. The number of aryl methyl sites for hydroxylation is 1. The van der Waals surface area contributed by atoms with E-state index < -0.39 is 0 Å². The van der Waals surface area contributed by atoms with Crippen molar-refractivity contribution in [2.75, 3.05) is 18.5 Å². The zero-order chi connectivity index (χ0) is 15.2. The second kappa shape index (κ2) is 7.13. The minimum atomic E-state index is 1.11. The smallest absolute Gasteiger partial charge is 0.0363 e. The summed E-state index contributed by atoms with van der Waals surface area (Å²) in [5.41, 5.74) is 2.74. The first-order valence-electron chi connectivity index (χ1n) is 8.07. The van der Waals surface area contributed by atoms with Crippen LogP contribution < -0.4 is 4.90 Å². The largest absolute Gasteiger partial charge is 0.375 e. The first-order valence-corrected chi connectivity index (χ1v) is 8.07. The van der Waals surface area contributed by atoms with Gasteiger partial charge >= 0.3 is 0 Å². The highest BCUT2D eigenvalue weighted by Gasteiger charge is 2.00. The summed E-state index contributed by atoms with van der Waals surface area (Å²) in [6.07, 6.45) is 3.61. The molecule has 0 aliphatic rings. The van der Waals surface area contributed by atoms with Gasteiger partial charge < -0.3 is 4.90 Å². The number of unbranched alkanes of at least 4 members (excludes halogenated alkanes) is 1. The fourth-order valence-electron chi connectivity index (χ4n) is 2.88. The summed E-state index contributed by atoms with van der Waals surface area (Å²) >= 11 is 0. The zero-order valence-electron chi connectivity index (χ0n) is 13.2. The van der Waals surface area contributed by atoms with Crippen molar-refractivity contribution in [1.82, 2.24) is 0 Å². The number of rotatable bonds is 6. The number of para-hydroxylation sites is 1. The Balaban J connectivity index is 1.50. The molecule has 0 N–H and O–H groups in total. The standard InChI is InChI=1S/C21H23N/c1-22(21-12-3-2-4-13-21)16-8-7-9-18-14-15-19-10-5-6-11-20(19)17-18/h2-6,10-15,17H,7-9,16H2,1H3. The molecule has 0 bridgehead atoms. The van der Waals surface area contributed by atoms with Gasteiger partial charge in [-0.25, -0.2) is 0 Å². The van der Waals surface area contributed by atoms with Crippen LogP contribution in [0.1, 0.15) is 18.4 Å². The molecule has 0 heterocycles. The Morgan fingerprint density at radius 3 is 2.27 bits per heavy atom. The SMILES string of the molecule is CN(CCCCc1ccc2ccccc2c1)c1ccccc1. The lowest BCUT2D eigenvalue weighted by atomic mass is 10.0. The maximum atomic E-state index is 2.33. The quantitative estimate of drug-likeness (QED) is 0.557. The van der Waals surface area contributed by atoms with Crippen molar-refractivity contribution in [2.24, 2.45) is 0 Å². The molecule has 112 valence electrons. The Morgan fingerprint density at radius 2 is 1.45 bits per heavy atom. The summed E-state index contributed by atoms with van der Waals surface area (Å²) in [7, 11) is 2.17. The van der Waals surface area contributed by atoms with Crippen LogP contribution in [0.25, 0.3) is 10.8 Å². The van der Waals surface area contributed by atoms with E-state index in [1.54, 1.807) is 0 Å². The van der Waals surface area contributed by atoms with Gasteiger partial charge in [0.1, 0.15) is 0 Å². The maximum Gasteiger partial charge on any atom is 0.0363 e. The molecule has 0 saturated heterocycles. The Kier molecular flexibility index (Phi) is 4.75. The van der Waals surface area contributed by atoms with Gasteiger partial charge in [0.25, 0.3) is 0 Å². The van der Waals surface area contributed by atoms with E-state index in [2.05, 4.69) is 84.7 Å². The number of fused-ring (bicyclic) bond motifs is 1. The molecular weight excluding hydrogens is 266 g/mol. The molecule has 0 radical (unpaired) electrons. The number of benzene rings is 3. The van der Waals surface area contributed by atoms with Gasteiger partial charge in [-0.3, -0.25) is 0 Å². The molecule has 0 unspecified atom stereocenters. The third-order valence-electron chi connectivity index (χ3n) is 4.22. The molecule has 0 saturated carbocycles. The summed E-state index contributed by atoms with van der Waals surface area (Å²) in [6.45, 7) is 1.11. The number of nitrogens with zero attached hydrogens (tertiary/aromatic N) is 1. The molecule has 3 aromatic rings. The van der Waals surface area contributed by atoms with Crippen LogP contribution in [0.2, 0.25) is 0 Å². The summed E-state index contributed by atoms with van der Waals surface area (Å²) < 4.78 is 0. The van der Waals surface area contributed by atoms with Crippen LogP contribution in [0.15, 0.2) is 72.8 Å². The van der Waals surface area contributed by atoms with Gasteiger partial charge in [-0.05, 0) is 47.7 Å². The Labute approximate surface area is 133 Å². The lowest BCUT2D eigenvalue weighted by Crippen LogP contribution is -2.18. The van der Waals surface area contributed by atoms with E-state index in [0.29, 0.717) is 0 Å². The lowest BCUT2D eigenvalue weighted by molar-refractivity contribution is 0.720. The van der Waals surface area contributed by atoms with Crippen molar-refractivity contribution in [3.05, 3.63) is 78.4 Å². The summed E-state index contributed by atoms with van der Waals surface area (Å²) in [5.74, 6) is 0. The predicted molar refractivity (Wildman–Crippen MR) is 96.6 cm³/mol. The van der Waals surface area contributed by atoms with Gasteiger partial charge in [-0.15, -0.1) is 0 Å². The normalized spacial score (nSPS) is 10.8. The molecule has 3 rings (SSSR count). The monoisotopic (exact) mass is 289 g/mol. The van der Waals surface area contributed by atoms with Crippen LogP contribution in [0.5, 0.6) is 0 Å². The molecule has 0 spiro atoms. The van der Waals surface area contributed by atoms with Crippen molar-refractivity contribution in [3.63, 3.8) is 0 Å². The molecule has 0 amide bonds. The third kappa shape index (κ3) is 3.67. The molecule has 0 aliphatic carbocycles. The van der Waals surface area contributed by atoms with Crippen molar-refractivity contribution in [3.8, 4) is 0 Å². The molecule has 0 aliphatic heterocycles. The molecule has 0 fully saturated rings. The van der Waals surface area contributed by atoms with Gasteiger partial charge in [0.05, 0.1) is 0 Å². The first kappa shape index (κ1) is 14.6. The van der Waals surface area contributed by atoms with E-state index in [0.717, 1.165) is 13.0 Å². The number of hydrogen-bond donors (Lipinski definition) is 0. The van der Waals surface area contributed by atoms with Crippen LogP contribution in [0.3, 0.4) is 0 Å². The second-order valence-corrected chi connectivity index (χ2v) is 5.90. The molecule has 0 aromatic heterocycles. The molecular formula is C21H23N. The lowest BCUT2D eigenvalue weighted by Gasteiger charge is -2.19. The van der Waals surface area contributed by atoms with Crippen molar-refractivity contribution >= 4 is 16.5 Å². The second-order valence-electron chi connectivity index (χ2n) is 5.90. The summed E-state index contributed by atoms with van der Waals surface area (Å²) in [5, 5.41) is 2.68. The predicted octanol–water partition coefficient (Wildman–Crippen LogP) is 5.30. The van der Waals surface area contributed by atoms with E-state index in [4.69, 9.17) is 0 Å². The zero-order valence-corrected chi connectivity index (χ0v) is 13.2. The third-order valence-corrected chi connectivity index (χ3v) is 4.22. The maximum absolute atomic E-state index is 2.33. The summed E-state index contributed by atoms with van der Waals surface area (Å²) in [4.78, 5) is 2.33. The van der Waals surface area contributed by atoms with E-state index >= 15 is 0 Å². The van der Waals surface area contributed by atoms with Gasteiger partial charge in [-0.2, -0.15) is 0 Å². The van der Waals surface area contributed by atoms with E-state index in [9.17, 15) is 0 Å². The van der Waals surface area contributed by atoms with Crippen LogP contribution >= 0.6 is 0 Å². The fraction of sp³-hybridized carbons (Fsp3) is 0.238. The summed E-state index contributed by atoms with van der Waals surface area (Å²) in [6, 6.07) is 26.0. The average molecular weight is 289 g/mol. The van der Waals surface area contributed by atoms with Crippen molar-refractivity contribution in [1.29, 1.82) is 0 Å². The number of anilines is 1. The van der Waals surface area contributed by atoms with E-state index in [1.165, 1.54) is 34.9 Å². The minimum absolute atomic E-state index is 1.11. The number of hydrogen-bond acceptors (Lipinski definition) is 1. The first-order chi connectivity index (χ1) is 10.8. The highest BCUT2D eigenvalue weighted by molar-refractivity contribution is 5.82. The van der Waals surface area contributed by atoms with Crippen LogP contribution in [-0.4, -0.2) is 13.6 Å². The van der Waals surface area contributed by atoms with Crippen molar-refractivity contribution < 1.29 is 0 Å². The van der Waals surface area contributed by atoms with Gasteiger partial charge in [0.15, 0.2) is 0 Å². The van der Waals surface area contributed by atoms with Crippen LogP contribution in [-0.2, 0) is 6.42 Å². The van der Waals surface area contributed by atoms with E-state index in [-0.39, 0.29) is 0 Å². The topological polar surface area (TPSA) is 3.24 Å². The van der Waals surface area contributed by atoms with Crippen LogP contribution in [0.4, 0.5) is 5.69 Å². The van der Waals surface area contributed by atoms with Crippen molar-refractivity contribution in [2.45, 2.75) is 19.3 Å². The molecule has 1 nitrogen and oxygen atoms in total. The Hall–Kier alpha value is -2.28. The fourth-order valence-corrected chi connectivity index (χ4v) is 2.88. The minimum Gasteiger partial charge on any atom is -0.375 e. The molecule has 22 heavy (non-hydrogen) atoms. The molecule has 0 atom stereocenters. The molecule has 3 aromatic carbocycles. The molecule has 1 heteroatoms. The highest BCUT2D eigenvalue weighted by Crippen LogP contribution is 2.17. The van der Waals surface area contributed by atoms with Crippen LogP contribution in [0, 0.1) is 0 Å². The Bertz CT molecular complexity index is 718. The van der Waals surface area contributed by atoms with Gasteiger partial charge in [0, 0.05) is 19.3 Å². The van der Waals surface area contributed by atoms with E-state index in [1.807, 2.05) is 0 Å². The Morgan fingerprint density at radius 1 is 0.727 bits per heavy atom.